The van der Waals surface area contributed by atoms with E-state index in [2.05, 4.69) is 10.0 Å². The summed E-state index contributed by atoms with van der Waals surface area (Å²) in [6, 6.07) is 5.74. The Hall–Kier alpha value is -2.72. The maximum absolute atomic E-state index is 12.5. The summed E-state index contributed by atoms with van der Waals surface area (Å²) in [6.45, 7) is 3.24. The topological polar surface area (TPSA) is 123 Å². The summed E-state index contributed by atoms with van der Waals surface area (Å²) in [5.41, 5.74) is 1.12. The molecule has 140 valence electrons. The van der Waals surface area contributed by atoms with E-state index in [-0.39, 0.29) is 29.6 Å². The van der Waals surface area contributed by atoms with Gasteiger partial charge in [0.2, 0.25) is 10.0 Å². The third kappa shape index (κ3) is 4.27. The van der Waals surface area contributed by atoms with Crippen LogP contribution < -0.4 is 10.0 Å². The Balaban J connectivity index is 2.04. The third-order valence-electron chi connectivity index (χ3n) is 3.98. The smallest absolute Gasteiger partial charge is 0.271 e. The fourth-order valence-corrected chi connectivity index (χ4v) is 3.79. The molecule has 0 saturated heterocycles. The fourth-order valence-electron chi connectivity index (χ4n) is 2.42. The lowest BCUT2D eigenvalue weighted by Gasteiger charge is -2.12. The quantitative estimate of drug-likeness (QED) is 0.425. The van der Waals surface area contributed by atoms with Gasteiger partial charge in [0.15, 0.2) is 0 Å². The molecular formula is C16H20N4O5S. The molecule has 0 aliphatic heterocycles. The molecule has 1 aromatic heterocycles. The predicted octanol–water partition coefficient (Wildman–Crippen LogP) is 1.26. The molecule has 0 aliphatic carbocycles. The highest BCUT2D eigenvalue weighted by molar-refractivity contribution is 7.89. The van der Waals surface area contributed by atoms with Crippen molar-refractivity contribution in [1.29, 1.82) is 0 Å². The van der Waals surface area contributed by atoms with Crippen molar-refractivity contribution in [3.05, 3.63) is 57.4 Å². The van der Waals surface area contributed by atoms with Gasteiger partial charge in [0.25, 0.3) is 11.6 Å². The molecule has 10 heteroatoms. The van der Waals surface area contributed by atoms with Crippen LogP contribution in [0.5, 0.6) is 0 Å². The van der Waals surface area contributed by atoms with Crippen LogP contribution in [0.15, 0.2) is 35.4 Å². The SMILES string of the molecule is Cc1cc([N+](=O)[O-])cc(S(=O)(=O)NCCNC(=O)c2cccn2C)c1C. The van der Waals surface area contributed by atoms with Gasteiger partial charge in [-0.15, -0.1) is 0 Å². The summed E-state index contributed by atoms with van der Waals surface area (Å²) >= 11 is 0. The molecular weight excluding hydrogens is 360 g/mol. The molecule has 2 aromatic rings. The maximum Gasteiger partial charge on any atom is 0.271 e. The van der Waals surface area contributed by atoms with E-state index in [4.69, 9.17) is 0 Å². The van der Waals surface area contributed by atoms with Crippen LogP contribution in [0.3, 0.4) is 0 Å². The zero-order valence-electron chi connectivity index (χ0n) is 14.6. The standard InChI is InChI=1S/C16H20N4O5S/c1-11-9-13(20(22)23)10-15(12(11)2)26(24,25)18-7-6-17-16(21)14-5-4-8-19(14)3/h4-5,8-10,18H,6-7H2,1-3H3,(H,17,21). The molecule has 0 fully saturated rings. The number of aromatic nitrogens is 1. The van der Waals surface area contributed by atoms with Crippen LogP contribution in [-0.4, -0.2) is 36.9 Å². The van der Waals surface area contributed by atoms with E-state index in [1.807, 2.05) is 0 Å². The molecule has 0 aliphatic rings. The van der Waals surface area contributed by atoms with Crippen molar-refractivity contribution in [2.45, 2.75) is 18.7 Å². The zero-order chi connectivity index (χ0) is 19.5. The van der Waals surface area contributed by atoms with Crippen LogP contribution in [0.25, 0.3) is 0 Å². The average Bonchev–Trinajstić information content (AvgIpc) is 2.99. The van der Waals surface area contributed by atoms with E-state index in [1.54, 1.807) is 43.8 Å². The summed E-state index contributed by atoms with van der Waals surface area (Å²) in [5.74, 6) is -0.320. The minimum absolute atomic E-state index is 0.0420. The number of amides is 1. The van der Waals surface area contributed by atoms with Gasteiger partial charge < -0.3 is 9.88 Å². The third-order valence-corrected chi connectivity index (χ3v) is 5.57. The van der Waals surface area contributed by atoms with Crippen molar-refractivity contribution in [2.75, 3.05) is 13.1 Å². The number of carbonyl (C=O) groups is 1. The van der Waals surface area contributed by atoms with Crippen molar-refractivity contribution in [3.8, 4) is 0 Å². The molecule has 1 aromatic carbocycles. The Kier molecular flexibility index (Phi) is 5.78. The molecule has 2 rings (SSSR count). The molecule has 0 radical (unpaired) electrons. The number of nitrogens with one attached hydrogen (secondary N) is 2. The van der Waals surface area contributed by atoms with Crippen LogP contribution >= 0.6 is 0 Å². The lowest BCUT2D eigenvalue weighted by molar-refractivity contribution is -0.385. The summed E-state index contributed by atoms with van der Waals surface area (Å²) in [6.07, 6.45) is 1.73. The number of sulfonamides is 1. The minimum atomic E-state index is -3.94. The highest BCUT2D eigenvalue weighted by atomic mass is 32.2. The van der Waals surface area contributed by atoms with Gasteiger partial charge in [-0.2, -0.15) is 0 Å². The van der Waals surface area contributed by atoms with Crippen LogP contribution in [0.4, 0.5) is 5.69 Å². The Morgan fingerprint density at radius 3 is 2.54 bits per heavy atom. The second-order valence-electron chi connectivity index (χ2n) is 5.80. The lowest BCUT2D eigenvalue weighted by atomic mass is 10.1. The van der Waals surface area contributed by atoms with Crippen LogP contribution in [0.2, 0.25) is 0 Å². The number of nitro groups is 1. The van der Waals surface area contributed by atoms with E-state index in [0.29, 0.717) is 16.8 Å². The van der Waals surface area contributed by atoms with Crippen molar-refractivity contribution in [1.82, 2.24) is 14.6 Å². The Morgan fingerprint density at radius 1 is 1.27 bits per heavy atom. The van der Waals surface area contributed by atoms with Crippen molar-refractivity contribution >= 4 is 21.6 Å². The van der Waals surface area contributed by atoms with Gasteiger partial charge in [-0.3, -0.25) is 14.9 Å². The Bertz CT molecular complexity index is 950. The molecule has 0 atom stereocenters. The maximum atomic E-state index is 12.5. The van der Waals surface area contributed by atoms with Gasteiger partial charge in [-0.25, -0.2) is 13.1 Å². The number of nitro benzene ring substituents is 1. The zero-order valence-corrected chi connectivity index (χ0v) is 15.5. The predicted molar refractivity (Wildman–Crippen MR) is 95.5 cm³/mol. The van der Waals surface area contributed by atoms with E-state index in [0.717, 1.165) is 6.07 Å². The molecule has 0 bridgehead atoms. The van der Waals surface area contributed by atoms with E-state index < -0.39 is 14.9 Å². The number of hydrogen-bond donors (Lipinski definition) is 2. The Labute approximate surface area is 151 Å². The molecule has 0 saturated carbocycles. The van der Waals surface area contributed by atoms with Gasteiger partial charge in [-0.05, 0) is 37.1 Å². The first-order valence-electron chi connectivity index (χ1n) is 7.78. The van der Waals surface area contributed by atoms with Gasteiger partial charge in [-0.1, -0.05) is 0 Å². The highest BCUT2D eigenvalue weighted by Crippen LogP contribution is 2.25. The van der Waals surface area contributed by atoms with Crippen molar-refractivity contribution < 1.29 is 18.1 Å². The Morgan fingerprint density at radius 2 is 1.96 bits per heavy atom. The summed E-state index contributed by atoms with van der Waals surface area (Å²) in [4.78, 5) is 22.1. The fraction of sp³-hybridized carbons (Fsp3) is 0.312. The molecule has 1 amide bonds. The molecule has 1 heterocycles. The normalized spacial score (nSPS) is 11.3. The molecule has 2 N–H and O–H groups in total. The number of hydrogen-bond acceptors (Lipinski definition) is 5. The number of carbonyl (C=O) groups excluding carboxylic acids is 1. The van der Waals surface area contributed by atoms with Crippen LogP contribution in [-0.2, 0) is 17.1 Å². The molecule has 26 heavy (non-hydrogen) atoms. The number of aryl methyl sites for hydroxylation is 2. The van der Waals surface area contributed by atoms with Gasteiger partial charge in [0.1, 0.15) is 5.69 Å². The second-order valence-corrected chi connectivity index (χ2v) is 7.54. The lowest BCUT2D eigenvalue weighted by Crippen LogP contribution is -2.35. The average molecular weight is 380 g/mol. The number of non-ortho nitro benzene ring substituents is 1. The van der Waals surface area contributed by atoms with Crippen molar-refractivity contribution in [3.63, 3.8) is 0 Å². The summed E-state index contributed by atoms with van der Waals surface area (Å²) < 4.78 is 28.9. The first kappa shape index (κ1) is 19.6. The van der Waals surface area contributed by atoms with Gasteiger partial charge in [0.05, 0.1) is 9.82 Å². The van der Waals surface area contributed by atoms with Crippen LogP contribution in [0.1, 0.15) is 21.6 Å². The minimum Gasteiger partial charge on any atom is -0.349 e. The first-order valence-corrected chi connectivity index (χ1v) is 9.26. The van der Waals surface area contributed by atoms with Crippen LogP contribution in [0, 0.1) is 24.0 Å². The van der Waals surface area contributed by atoms with E-state index in [9.17, 15) is 23.3 Å². The second kappa shape index (κ2) is 7.67. The van der Waals surface area contributed by atoms with E-state index >= 15 is 0 Å². The van der Waals surface area contributed by atoms with Gasteiger partial charge >= 0.3 is 0 Å². The molecule has 0 unspecified atom stereocenters. The van der Waals surface area contributed by atoms with E-state index in [1.165, 1.54) is 6.07 Å². The highest BCUT2D eigenvalue weighted by Gasteiger charge is 2.22. The first-order chi connectivity index (χ1) is 12.1. The molecule has 9 nitrogen and oxygen atoms in total. The monoisotopic (exact) mass is 380 g/mol. The number of rotatable bonds is 7. The van der Waals surface area contributed by atoms with Gasteiger partial charge in [0, 0.05) is 38.5 Å². The summed E-state index contributed by atoms with van der Waals surface area (Å²) in [5, 5.41) is 13.6. The molecule has 0 spiro atoms. The van der Waals surface area contributed by atoms with Crippen molar-refractivity contribution in [2.24, 2.45) is 7.05 Å². The number of nitrogens with zero attached hydrogens (tertiary/aromatic N) is 2. The summed E-state index contributed by atoms with van der Waals surface area (Å²) in [7, 11) is -2.21. The largest absolute Gasteiger partial charge is 0.349 e. The number of benzene rings is 1.